The molecule has 0 aliphatic rings. The molecule has 0 fully saturated rings. The average molecular weight is 362 g/mol. The number of rotatable bonds is 3. The van der Waals surface area contributed by atoms with Gasteiger partial charge in [0.2, 0.25) is 0 Å². The summed E-state index contributed by atoms with van der Waals surface area (Å²) in [4.78, 5) is 27.1. The Bertz CT molecular complexity index is 984. The van der Waals surface area contributed by atoms with E-state index in [-0.39, 0.29) is 16.3 Å². The molecule has 3 aromatic rings. The van der Waals surface area contributed by atoms with Gasteiger partial charge in [-0.25, -0.2) is 4.98 Å². The lowest BCUT2D eigenvalue weighted by molar-refractivity contribution is -0.384. The van der Waals surface area contributed by atoms with E-state index < -0.39 is 10.8 Å². The van der Waals surface area contributed by atoms with Gasteiger partial charge in [-0.3, -0.25) is 20.2 Å². The Morgan fingerprint density at radius 1 is 1.29 bits per heavy atom. The quantitative estimate of drug-likeness (QED) is 0.540. The second-order valence-electron chi connectivity index (χ2n) is 5.32. The number of nitro benzene ring substituents is 1. The molecule has 122 valence electrons. The van der Waals surface area contributed by atoms with Gasteiger partial charge in [0.1, 0.15) is 0 Å². The highest BCUT2D eigenvalue weighted by Crippen LogP contribution is 2.30. The number of nitro groups is 1. The number of aryl methyl sites for hydroxylation is 2. The molecule has 8 heteroatoms. The van der Waals surface area contributed by atoms with Crippen LogP contribution in [0.4, 0.5) is 10.8 Å². The number of aromatic nitrogens is 1. The first-order valence-electron chi connectivity index (χ1n) is 6.98. The topological polar surface area (TPSA) is 85.1 Å². The number of carbonyl (C=O) groups excluding carboxylic acids is 1. The number of thiazole rings is 1. The molecule has 1 N–H and O–H groups in total. The summed E-state index contributed by atoms with van der Waals surface area (Å²) >= 11 is 7.33. The molecule has 0 atom stereocenters. The van der Waals surface area contributed by atoms with Gasteiger partial charge >= 0.3 is 0 Å². The van der Waals surface area contributed by atoms with E-state index in [4.69, 9.17) is 11.6 Å². The minimum Gasteiger partial charge on any atom is -0.298 e. The third-order valence-electron chi connectivity index (χ3n) is 3.46. The van der Waals surface area contributed by atoms with Crippen molar-refractivity contribution in [3.8, 4) is 0 Å². The molecular weight excluding hydrogens is 350 g/mol. The predicted molar refractivity (Wildman–Crippen MR) is 95.2 cm³/mol. The van der Waals surface area contributed by atoms with Gasteiger partial charge in [0, 0.05) is 12.1 Å². The molecule has 0 unspecified atom stereocenters. The maximum absolute atomic E-state index is 12.4. The third-order valence-corrected chi connectivity index (χ3v) is 4.70. The van der Waals surface area contributed by atoms with Gasteiger partial charge < -0.3 is 0 Å². The first-order valence-corrected chi connectivity index (χ1v) is 8.17. The summed E-state index contributed by atoms with van der Waals surface area (Å²) in [7, 11) is 0. The minimum absolute atomic E-state index is 0.0398. The molecule has 6 nitrogen and oxygen atoms in total. The van der Waals surface area contributed by atoms with Crippen LogP contribution in [0.2, 0.25) is 5.02 Å². The molecule has 1 heterocycles. The number of fused-ring (bicyclic) bond motifs is 1. The number of halogens is 1. The third kappa shape index (κ3) is 3.08. The van der Waals surface area contributed by atoms with E-state index in [0.29, 0.717) is 5.13 Å². The van der Waals surface area contributed by atoms with E-state index in [2.05, 4.69) is 10.3 Å². The average Bonchev–Trinajstić information content (AvgIpc) is 2.89. The van der Waals surface area contributed by atoms with Crippen LogP contribution < -0.4 is 5.32 Å². The van der Waals surface area contributed by atoms with Crippen molar-refractivity contribution in [1.82, 2.24) is 4.98 Å². The van der Waals surface area contributed by atoms with Crippen molar-refractivity contribution in [2.75, 3.05) is 5.32 Å². The fourth-order valence-electron chi connectivity index (χ4n) is 2.39. The molecule has 0 saturated carbocycles. The van der Waals surface area contributed by atoms with Crippen LogP contribution in [0.15, 0.2) is 30.3 Å². The predicted octanol–water partition coefficient (Wildman–Crippen LogP) is 4.73. The van der Waals surface area contributed by atoms with Crippen molar-refractivity contribution in [2.24, 2.45) is 0 Å². The van der Waals surface area contributed by atoms with Crippen LogP contribution in [0.1, 0.15) is 21.5 Å². The van der Waals surface area contributed by atoms with Crippen molar-refractivity contribution < 1.29 is 9.72 Å². The van der Waals surface area contributed by atoms with Gasteiger partial charge in [0.15, 0.2) is 5.13 Å². The zero-order valence-corrected chi connectivity index (χ0v) is 14.4. The molecule has 24 heavy (non-hydrogen) atoms. The first-order chi connectivity index (χ1) is 11.3. The summed E-state index contributed by atoms with van der Waals surface area (Å²) in [5.74, 6) is -0.530. The van der Waals surface area contributed by atoms with E-state index in [1.807, 2.05) is 26.0 Å². The molecule has 2 aromatic carbocycles. The van der Waals surface area contributed by atoms with Crippen LogP contribution in [-0.4, -0.2) is 15.8 Å². The highest BCUT2D eigenvalue weighted by atomic mass is 35.5. The van der Waals surface area contributed by atoms with Gasteiger partial charge in [-0.05, 0) is 37.1 Å². The van der Waals surface area contributed by atoms with Gasteiger partial charge in [0.25, 0.3) is 11.6 Å². The second kappa shape index (κ2) is 6.18. The van der Waals surface area contributed by atoms with E-state index in [1.54, 1.807) is 0 Å². The van der Waals surface area contributed by atoms with Crippen molar-refractivity contribution in [2.45, 2.75) is 13.8 Å². The van der Waals surface area contributed by atoms with Crippen LogP contribution in [0, 0.1) is 24.0 Å². The first kappa shape index (κ1) is 16.4. The Balaban J connectivity index is 1.94. The number of benzene rings is 2. The number of hydrogen-bond acceptors (Lipinski definition) is 5. The summed E-state index contributed by atoms with van der Waals surface area (Å²) in [5.41, 5.74) is 2.81. The molecule has 1 aromatic heterocycles. The van der Waals surface area contributed by atoms with Crippen molar-refractivity contribution in [3.63, 3.8) is 0 Å². The molecule has 0 spiro atoms. The van der Waals surface area contributed by atoms with Crippen LogP contribution in [0.25, 0.3) is 10.2 Å². The SMILES string of the molecule is Cc1cc(C)c2nc(NC(=O)c3cc([N+](=O)[O-])ccc3Cl)sc2c1. The maximum Gasteiger partial charge on any atom is 0.270 e. The lowest BCUT2D eigenvalue weighted by Gasteiger charge is -2.03. The van der Waals surface area contributed by atoms with Gasteiger partial charge in [-0.1, -0.05) is 29.0 Å². The standard InChI is InChI=1S/C16H12ClN3O3S/c1-8-5-9(2)14-13(6-8)24-16(18-14)19-15(21)11-7-10(20(22)23)3-4-12(11)17/h3-7H,1-2H3,(H,18,19,21). The zero-order chi connectivity index (χ0) is 17.4. The molecular formula is C16H12ClN3O3S. The number of nitrogens with zero attached hydrogens (tertiary/aromatic N) is 2. The van der Waals surface area contributed by atoms with Crippen LogP contribution in [0.3, 0.4) is 0 Å². The second-order valence-corrected chi connectivity index (χ2v) is 6.76. The van der Waals surface area contributed by atoms with Gasteiger partial charge in [-0.2, -0.15) is 0 Å². The van der Waals surface area contributed by atoms with E-state index >= 15 is 0 Å². The Kier molecular flexibility index (Phi) is 4.21. The molecule has 0 aliphatic heterocycles. The van der Waals surface area contributed by atoms with Crippen LogP contribution in [0.5, 0.6) is 0 Å². The van der Waals surface area contributed by atoms with E-state index in [1.165, 1.54) is 23.5 Å². The number of anilines is 1. The fraction of sp³-hybridized carbons (Fsp3) is 0.125. The molecule has 0 bridgehead atoms. The molecule has 3 rings (SSSR count). The van der Waals surface area contributed by atoms with Crippen molar-refractivity contribution in [1.29, 1.82) is 0 Å². The molecule has 0 saturated heterocycles. The summed E-state index contributed by atoms with van der Waals surface area (Å²) in [6.45, 7) is 3.95. The Morgan fingerprint density at radius 3 is 2.75 bits per heavy atom. The van der Waals surface area contributed by atoms with E-state index in [0.717, 1.165) is 27.4 Å². The summed E-state index contributed by atoms with van der Waals surface area (Å²) < 4.78 is 0.966. The summed E-state index contributed by atoms with van der Waals surface area (Å²) in [6, 6.07) is 7.75. The lowest BCUT2D eigenvalue weighted by atomic mass is 10.1. The number of hydrogen-bond donors (Lipinski definition) is 1. The minimum atomic E-state index is -0.572. The Labute approximate surface area is 146 Å². The smallest absolute Gasteiger partial charge is 0.270 e. The molecule has 0 aliphatic carbocycles. The summed E-state index contributed by atoms with van der Waals surface area (Å²) in [6.07, 6.45) is 0. The normalized spacial score (nSPS) is 10.8. The van der Waals surface area contributed by atoms with Crippen LogP contribution in [-0.2, 0) is 0 Å². The zero-order valence-electron chi connectivity index (χ0n) is 12.8. The number of non-ortho nitro benzene ring substituents is 1. The Morgan fingerprint density at radius 2 is 2.04 bits per heavy atom. The fourth-order valence-corrected chi connectivity index (χ4v) is 3.63. The van der Waals surface area contributed by atoms with Crippen molar-refractivity contribution in [3.05, 3.63) is 62.2 Å². The largest absolute Gasteiger partial charge is 0.298 e. The summed E-state index contributed by atoms with van der Waals surface area (Å²) in [5, 5.41) is 14.1. The Hall–Kier alpha value is -2.51. The highest BCUT2D eigenvalue weighted by Gasteiger charge is 2.17. The monoisotopic (exact) mass is 361 g/mol. The van der Waals surface area contributed by atoms with Crippen LogP contribution >= 0.6 is 22.9 Å². The number of nitrogens with one attached hydrogen (secondary N) is 1. The number of carbonyl (C=O) groups is 1. The highest BCUT2D eigenvalue weighted by molar-refractivity contribution is 7.22. The van der Waals surface area contributed by atoms with Gasteiger partial charge in [0.05, 0.1) is 25.7 Å². The molecule has 0 radical (unpaired) electrons. The van der Waals surface area contributed by atoms with E-state index in [9.17, 15) is 14.9 Å². The van der Waals surface area contributed by atoms with Crippen molar-refractivity contribution >= 4 is 49.9 Å². The molecule has 1 amide bonds. The number of amides is 1. The van der Waals surface area contributed by atoms with Gasteiger partial charge in [-0.15, -0.1) is 0 Å². The lowest BCUT2D eigenvalue weighted by Crippen LogP contribution is -2.12. The maximum atomic E-state index is 12.4.